The number of hydrogen-bond acceptors (Lipinski definition) is 6. The zero-order chi connectivity index (χ0) is 22.2. The van der Waals surface area contributed by atoms with Gasteiger partial charge in [-0.2, -0.15) is 9.61 Å². The number of aryl methyl sites for hydroxylation is 1. The van der Waals surface area contributed by atoms with Crippen LogP contribution in [0.5, 0.6) is 0 Å². The molecule has 0 unspecified atom stereocenters. The molecule has 11 heteroatoms. The van der Waals surface area contributed by atoms with Gasteiger partial charge in [-0.15, -0.1) is 0 Å². The monoisotopic (exact) mass is 419 g/mol. The number of carboxylic acid groups (broad SMARTS) is 1. The van der Waals surface area contributed by atoms with Crippen LogP contribution in [0.2, 0.25) is 0 Å². The van der Waals surface area contributed by atoms with Crippen LogP contribution in [0.15, 0.2) is 10.9 Å². The zero-order valence-corrected chi connectivity index (χ0v) is 17.4. The summed E-state index contributed by atoms with van der Waals surface area (Å²) < 4.78 is 7.62. The van der Waals surface area contributed by atoms with E-state index in [2.05, 4.69) is 10.4 Å². The third-order valence-corrected chi connectivity index (χ3v) is 4.57. The van der Waals surface area contributed by atoms with Gasteiger partial charge in [0.15, 0.2) is 0 Å². The molecule has 2 aromatic heterocycles. The summed E-state index contributed by atoms with van der Waals surface area (Å²) >= 11 is 0. The smallest absolute Gasteiger partial charge is 0.407 e. The number of nitrogens with one attached hydrogen (secondary N) is 1. The molecular formula is C19H25N5O6. The van der Waals surface area contributed by atoms with Crippen molar-refractivity contribution < 1.29 is 24.2 Å². The molecule has 0 fully saturated rings. The molecule has 0 aromatic carbocycles. The first-order valence-electron chi connectivity index (χ1n) is 9.64. The number of alkyl carbamates (subject to hydrolysis) is 1. The van der Waals surface area contributed by atoms with Gasteiger partial charge in [-0.3, -0.25) is 14.4 Å². The van der Waals surface area contributed by atoms with Crippen LogP contribution in [0.4, 0.5) is 4.79 Å². The Balaban J connectivity index is 1.87. The van der Waals surface area contributed by atoms with Crippen molar-refractivity contribution in [2.75, 3.05) is 13.1 Å². The summed E-state index contributed by atoms with van der Waals surface area (Å²) in [5.74, 6) is -1.60. The summed E-state index contributed by atoms with van der Waals surface area (Å²) in [6.45, 7) is 6.89. The number of fused-ring (bicyclic) bond motifs is 2. The lowest BCUT2D eigenvalue weighted by molar-refractivity contribution is -0.137. The van der Waals surface area contributed by atoms with E-state index in [1.54, 1.807) is 26.8 Å². The number of carbonyl (C=O) groups excluding carboxylic acids is 2. The zero-order valence-electron chi connectivity index (χ0n) is 17.4. The summed E-state index contributed by atoms with van der Waals surface area (Å²) in [7, 11) is 0. The number of aliphatic carboxylic acids is 1. The second-order valence-electron chi connectivity index (χ2n) is 8.03. The molecule has 3 rings (SSSR count). The number of rotatable bonds is 6. The number of carbonyl (C=O) groups is 3. The van der Waals surface area contributed by atoms with Gasteiger partial charge in [-0.25, -0.2) is 4.79 Å². The molecule has 0 saturated heterocycles. The Labute approximate surface area is 172 Å². The molecule has 0 saturated carbocycles. The van der Waals surface area contributed by atoms with Crippen LogP contribution >= 0.6 is 0 Å². The highest BCUT2D eigenvalue weighted by atomic mass is 16.6. The third-order valence-electron chi connectivity index (χ3n) is 4.57. The Hall–Kier alpha value is -3.37. The van der Waals surface area contributed by atoms with E-state index in [9.17, 15) is 24.3 Å². The second-order valence-corrected chi connectivity index (χ2v) is 8.03. The molecule has 2 aromatic rings. The minimum absolute atomic E-state index is 0.0138. The van der Waals surface area contributed by atoms with Crippen LogP contribution in [0.1, 0.15) is 49.4 Å². The highest BCUT2D eigenvalue weighted by Gasteiger charge is 2.35. The molecule has 0 bridgehead atoms. The van der Waals surface area contributed by atoms with Gasteiger partial charge in [0.1, 0.15) is 23.5 Å². The van der Waals surface area contributed by atoms with Gasteiger partial charge >= 0.3 is 12.1 Å². The van der Waals surface area contributed by atoms with Crippen LogP contribution in [-0.2, 0) is 29.0 Å². The van der Waals surface area contributed by atoms with Gasteiger partial charge in [0.05, 0.1) is 17.8 Å². The van der Waals surface area contributed by atoms with Crippen molar-refractivity contribution >= 4 is 23.6 Å². The topological polar surface area (TPSA) is 135 Å². The SMILES string of the molecule is CCc1cc2n(CC(=O)O)c3c(c(=O)n2n1)CN(CCNC(=O)OC(C)(C)C)C3=O. The predicted octanol–water partition coefficient (Wildman–Crippen LogP) is 0.624. The molecule has 1 aliphatic rings. The number of hydrogen-bond donors (Lipinski definition) is 2. The van der Waals surface area contributed by atoms with E-state index in [1.165, 1.54) is 9.47 Å². The minimum Gasteiger partial charge on any atom is -0.480 e. The number of carboxylic acids is 1. The number of amides is 2. The van der Waals surface area contributed by atoms with Crippen molar-refractivity contribution in [3.05, 3.63) is 33.4 Å². The number of ether oxygens (including phenoxy) is 1. The van der Waals surface area contributed by atoms with E-state index in [0.29, 0.717) is 12.1 Å². The first-order chi connectivity index (χ1) is 14.0. The molecule has 3 heterocycles. The minimum atomic E-state index is -1.14. The maximum Gasteiger partial charge on any atom is 0.407 e. The van der Waals surface area contributed by atoms with Gasteiger partial charge in [-0.1, -0.05) is 6.92 Å². The summed E-state index contributed by atoms with van der Waals surface area (Å²) in [6, 6.07) is 1.62. The van der Waals surface area contributed by atoms with E-state index in [0.717, 1.165) is 4.52 Å². The summed E-state index contributed by atoms with van der Waals surface area (Å²) in [6.07, 6.45) is -0.0439. The van der Waals surface area contributed by atoms with Gasteiger partial charge in [-0.05, 0) is 27.2 Å². The normalized spacial score (nSPS) is 13.6. The molecule has 162 valence electrons. The fraction of sp³-hybridized carbons (Fsp3) is 0.526. The van der Waals surface area contributed by atoms with E-state index < -0.39 is 35.7 Å². The van der Waals surface area contributed by atoms with Crippen LogP contribution in [0.3, 0.4) is 0 Å². The van der Waals surface area contributed by atoms with Crippen LogP contribution in [0.25, 0.3) is 5.65 Å². The molecule has 30 heavy (non-hydrogen) atoms. The van der Waals surface area contributed by atoms with E-state index >= 15 is 0 Å². The van der Waals surface area contributed by atoms with Crippen LogP contribution in [-0.4, -0.2) is 60.8 Å². The van der Waals surface area contributed by atoms with Crippen molar-refractivity contribution in [2.45, 2.75) is 52.8 Å². The number of nitrogens with zero attached hydrogens (tertiary/aromatic N) is 4. The third kappa shape index (κ3) is 4.14. The fourth-order valence-electron chi connectivity index (χ4n) is 3.32. The maximum absolute atomic E-state index is 13.0. The Bertz CT molecular complexity index is 1080. The molecule has 0 atom stereocenters. The first-order valence-corrected chi connectivity index (χ1v) is 9.64. The van der Waals surface area contributed by atoms with Crippen LogP contribution in [0, 0.1) is 0 Å². The van der Waals surface area contributed by atoms with Crippen molar-refractivity contribution in [3.63, 3.8) is 0 Å². The molecule has 2 amide bonds. The molecule has 0 aliphatic carbocycles. The van der Waals surface area contributed by atoms with Gasteiger partial charge in [0.25, 0.3) is 11.5 Å². The standard InChI is InChI=1S/C19H25N5O6/c1-5-11-8-13-23(10-14(25)26)15-12(16(27)24(13)21-11)9-22(17(15)28)7-6-20-18(29)30-19(2,3)4/h8H,5-7,9-10H2,1-4H3,(H,20,29)(H,25,26). The van der Waals surface area contributed by atoms with E-state index in [1.807, 2.05) is 6.92 Å². The van der Waals surface area contributed by atoms with Crippen LogP contribution < -0.4 is 10.9 Å². The molecule has 0 spiro atoms. The Morgan fingerprint density at radius 3 is 2.60 bits per heavy atom. The quantitative estimate of drug-likeness (QED) is 0.701. The lowest BCUT2D eigenvalue weighted by Crippen LogP contribution is -2.38. The molecule has 2 N–H and O–H groups in total. The van der Waals surface area contributed by atoms with Crippen molar-refractivity contribution in [1.29, 1.82) is 0 Å². The average molecular weight is 419 g/mol. The average Bonchev–Trinajstić information content (AvgIpc) is 3.19. The van der Waals surface area contributed by atoms with E-state index in [4.69, 9.17) is 4.74 Å². The predicted molar refractivity (Wildman–Crippen MR) is 105 cm³/mol. The Morgan fingerprint density at radius 1 is 1.30 bits per heavy atom. The fourth-order valence-corrected chi connectivity index (χ4v) is 3.32. The van der Waals surface area contributed by atoms with Crippen molar-refractivity contribution in [3.8, 4) is 0 Å². The Morgan fingerprint density at radius 2 is 2.00 bits per heavy atom. The molecule has 1 aliphatic heterocycles. The molecule has 0 radical (unpaired) electrons. The highest BCUT2D eigenvalue weighted by molar-refractivity contribution is 5.97. The van der Waals surface area contributed by atoms with E-state index in [-0.39, 0.29) is 36.5 Å². The lowest BCUT2D eigenvalue weighted by atomic mass is 10.2. The first kappa shape index (κ1) is 21.3. The van der Waals surface area contributed by atoms with Crippen molar-refractivity contribution in [1.82, 2.24) is 24.4 Å². The Kier molecular flexibility index (Phi) is 5.55. The number of aromatic nitrogens is 3. The maximum atomic E-state index is 13.0. The van der Waals surface area contributed by atoms with Gasteiger partial charge < -0.3 is 24.6 Å². The molecule has 11 nitrogen and oxygen atoms in total. The summed E-state index contributed by atoms with van der Waals surface area (Å²) in [5.41, 5.74) is 0.0418. The highest BCUT2D eigenvalue weighted by Crippen LogP contribution is 2.22. The lowest BCUT2D eigenvalue weighted by Gasteiger charge is -2.21. The largest absolute Gasteiger partial charge is 0.480 e. The van der Waals surface area contributed by atoms with Crippen molar-refractivity contribution in [2.24, 2.45) is 0 Å². The summed E-state index contributed by atoms with van der Waals surface area (Å²) in [4.78, 5) is 50.4. The second kappa shape index (κ2) is 7.81. The molecular weight excluding hydrogens is 394 g/mol. The van der Waals surface area contributed by atoms with Gasteiger partial charge in [0.2, 0.25) is 0 Å². The van der Waals surface area contributed by atoms with Gasteiger partial charge in [0, 0.05) is 19.2 Å². The summed E-state index contributed by atoms with van der Waals surface area (Å²) in [5, 5.41) is 16.1.